The van der Waals surface area contributed by atoms with Crippen LogP contribution in [0.15, 0.2) is 0 Å². The molecule has 0 saturated heterocycles. The van der Waals surface area contributed by atoms with Gasteiger partial charge in [-0.05, 0) is 19.8 Å². The molecule has 96 valence electrons. The smallest absolute Gasteiger partial charge is 0.239 e. The summed E-state index contributed by atoms with van der Waals surface area (Å²) in [4.78, 5) is 22.8. The highest BCUT2D eigenvalue weighted by Gasteiger charge is 2.26. The van der Waals surface area contributed by atoms with Crippen molar-refractivity contribution in [2.75, 3.05) is 13.1 Å². The van der Waals surface area contributed by atoms with Crippen LogP contribution in [0.4, 0.5) is 0 Å². The first kappa shape index (κ1) is 15.4. The fourth-order valence-corrected chi connectivity index (χ4v) is 0.968. The molecular weight excluding hydrogens is 218 g/mol. The Labute approximate surface area is 103 Å². The third-order valence-corrected chi connectivity index (χ3v) is 2.19. The number of rotatable bonds is 6. The molecule has 0 aromatic carbocycles. The van der Waals surface area contributed by atoms with Crippen LogP contribution >= 0.6 is 0 Å². The van der Waals surface area contributed by atoms with E-state index in [4.69, 9.17) is 5.26 Å². The molecule has 0 bridgehead atoms. The van der Waals surface area contributed by atoms with Gasteiger partial charge in [0.1, 0.15) is 5.41 Å². The first-order valence-electron chi connectivity index (χ1n) is 5.76. The molecule has 0 saturated carbocycles. The minimum atomic E-state index is -1.05. The molecule has 0 aliphatic rings. The highest BCUT2D eigenvalue weighted by Crippen LogP contribution is 2.12. The Morgan fingerprint density at radius 1 is 1.29 bits per heavy atom. The first-order chi connectivity index (χ1) is 7.79. The van der Waals surface area contributed by atoms with Crippen LogP contribution in [0.25, 0.3) is 0 Å². The summed E-state index contributed by atoms with van der Waals surface area (Å²) in [6.07, 6.45) is 0.236. The summed E-state index contributed by atoms with van der Waals surface area (Å²) in [5.74, 6) is -0.0310. The zero-order chi connectivity index (χ0) is 13.5. The lowest BCUT2D eigenvalue weighted by atomic mass is 9.95. The quantitative estimate of drug-likeness (QED) is 0.719. The Hall–Kier alpha value is -1.57. The minimum Gasteiger partial charge on any atom is -0.356 e. The maximum atomic E-state index is 11.5. The maximum absolute atomic E-state index is 11.5. The van der Waals surface area contributed by atoms with E-state index in [2.05, 4.69) is 10.6 Å². The molecule has 0 unspecified atom stereocenters. The molecule has 0 radical (unpaired) electrons. The van der Waals surface area contributed by atoms with E-state index in [1.165, 1.54) is 0 Å². The van der Waals surface area contributed by atoms with E-state index in [0.29, 0.717) is 12.5 Å². The average molecular weight is 239 g/mol. The molecular formula is C12H21N3O2. The molecule has 2 N–H and O–H groups in total. The number of carbonyl (C=O) groups is 2. The molecule has 0 aromatic heterocycles. The molecule has 0 heterocycles. The third kappa shape index (κ3) is 6.56. The number of hydrogen-bond acceptors (Lipinski definition) is 3. The van der Waals surface area contributed by atoms with Crippen molar-refractivity contribution in [1.29, 1.82) is 5.26 Å². The largest absolute Gasteiger partial charge is 0.356 e. The fraction of sp³-hybridized carbons (Fsp3) is 0.750. The summed E-state index contributed by atoms with van der Waals surface area (Å²) in [6, 6.07) is 1.91. The molecule has 5 nitrogen and oxygen atoms in total. The summed E-state index contributed by atoms with van der Waals surface area (Å²) < 4.78 is 0. The Morgan fingerprint density at radius 2 is 1.88 bits per heavy atom. The second-order valence-electron chi connectivity index (χ2n) is 4.94. The number of carbonyl (C=O) groups excluding carboxylic acids is 2. The fourth-order valence-electron chi connectivity index (χ4n) is 0.968. The van der Waals surface area contributed by atoms with Gasteiger partial charge in [0.15, 0.2) is 0 Å². The molecule has 0 atom stereocenters. The van der Waals surface area contributed by atoms with Crippen LogP contribution in [0.1, 0.15) is 34.1 Å². The molecule has 0 spiro atoms. The number of nitrogens with one attached hydrogen (secondary N) is 2. The normalized spacial score (nSPS) is 10.8. The minimum absolute atomic E-state index is 0.0891. The molecule has 0 aromatic rings. The van der Waals surface area contributed by atoms with Gasteiger partial charge in [-0.3, -0.25) is 9.59 Å². The monoisotopic (exact) mass is 239 g/mol. The summed E-state index contributed by atoms with van der Waals surface area (Å²) >= 11 is 0. The predicted molar refractivity (Wildman–Crippen MR) is 64.9 cm³/mol. The zero-order valence-electron chi connectivity index (χ0n) is 11.0. The third-order valence-electron chi connectivity index (χ3n) is 2.19. The lowest BCUT2D eigenvalue weighted by molar-refractivity contribution is -0.127. The van der Waals surface area contributed by atoms with Crippen LogP contribution in [-0.4, -0.2) is 24.9 Å². The summed E-state index contributed by atoms with van der Waals surface area (Å²) in [6.45, 7) is 8.00. The number of hydrogen-bond donors (Lipinski definition) is 2. The van der Waals surface area contributed by atoms with Crippen molar-refractivity contribution in [3.8, 4) is 6.07 Å². The van der Waals surface area contributed by atoms with Crippen LogP contribution in [-0.2, 0) is 9.59 Å². The van der Waals surface area contributed by atoms with E-state index in [1.807, 2.05) is 19.9 Å². The molecule has 17 heavy (non-hydrogen) atoms. The van der Waals surface area contributed by atoms with Gasteiger partial charge in [0.25, 0.3) is 0 Å². The van der Waals surface area contributed by atoms with Crippen molar-refractivity contribution in [2.24, 2.45) is 11.3 Å². The maximum Gasteiger partial charge on any atom is 0.239 e. The molecule has 0 aliphatic carbocycles. The second kappa shape index (κ2) is 6.89. The van der Waals surface area contributed by atoms with Gasteiger partial charge in [-0.1, -0.05) is 13.8 Å². The van der Waals surface area contributed by atoms with Crippen molar-refractivity contribution < 1.29 is 9.59 Å². The van der Waals surface area contributed by atoms with Gasteiger partial charge in [0, 0.05) is 19.5 Å². The van der Waals surface area contributed by atoms with Gasteiger partial charge in [0.05, 0.1) is 6.07 Å². The van der Waals surface area contributed by atoms with Crippen molar-refractivity contribution in [3.05, 3.63) is 0 Å². The standard InChI is InChI=1S/C12H21N3O2/c1-9(2)7-15-10(16)5-6-14-11(17)12(3,4)8-13/h9H,5-7H2,1-4H3,(H,14,17)(H,15,16). The van der Waals surface area contributed by atoms with E-state index in [9.17, 15) is 9.59 Å². The molecule has 0 rings (SSSR count). The number of amides is 2. The molecule has 2 amide bonds. The zero-order valence-corrected chi connectivity index (χ0v) is 11.0. The van der Waals surface area contributed by atoms with Gasteiger partial charge < -0.3 is 10.6 Å². The van der Waals surface area contributed by atoms with E-state index in [-0.39, 0.29) is 24.8 Å². The molecule has 0 fully saturated rings. The summed E-state index contributed by atoms with van der Waals surface area (Å²) in [5, 5.41) is 14.1. The number of nitrogens with zero attached hydrogens (tertiary/aromatic N) is 1. The highest BCUT2D eigenvalue weighted by atomic mass is 16.2. The van der Waals surface area contributed by atoms with Crippen molar-refractivity contribution in [1.82, 2.24) is 10.6 Å². The SMILES string of the molecule is CC(C)CNC(=O)CCNC(=O)C(C)(C)C#N. The Balaban J connectivity index is 3.82. The van der Waals surface area contributed by atoms with Crippen molar-refractivity contribution in [2.45, 2.75) is 34.1 Å². The van der Waals surface area contributed by atoms with Crippen LogP contribution < -0.4 is 10.6 Å². The molecule has 5 heteroatoms. The van der Waals surface area contributed by atoms with Crippen molar-refractivity contribution in [3.63, 3.8) is 0 Å². The van der Waals surface area contributed by atoms with Crippen LogP contribution in [0.2, 0.25) is 0 Å². The lowest BCUT2D eigenvalue weighted by Gasteiger charge is -2.14. The van der Waals surface area contributed by atoms with Gasteiger partial charge >= 0.3 is 0 Å². The Bertz CT molecular complexity index is 316. The van der Waals surface area contributed by atoms with Crippen LogP contribution in [0, 0.1) is 22.7 Å². The summed E-state index contributed by atoms with van der Waals surface area (Å²) in [5.41, 5.74) is -1.05. The Morgan fingerprint density at radius 3 is 2.35 bits per heavy atom. The molecule has 0 aliphatic heterocycles. The van der Waals surface area contributed by atoms with E-state index < -0.39 is 5.41 Å². The van der Waals surface area contributed by atoms with Gasteiger partial charge in [-0.25, -0.2) is 0 Å². The van der Waals surface area contributed by atoms with Crippen molar-refractivity contribution >= 4 is 11.8 Å². The van der Waals surface area contributed by atoms with E-state index in [1.54, 1.807) is 13.8 Å². The van der Waals surface area contributed by atoms with Crippen LogP contribution in [0.5, 0.6) is 0 Å². The van der Waals surface area contributed by atoms with Gasteiger partial charge in [-0.2, -0.15) is 5.26 Å². The van der Waals surface area contributed by atoms with E-state index in [0.717, 1.165) is 0 Å². The second-order valence-corrected chi connectivity index (χ2v) is 4.94. The lowest BCUT2D eigenvalue weighted by Crippen LogP contribution is -2.38. The topological polar surface area (TPSA) is 82.0 Å². The average Bonchev–Trinajstić information content (AvgIpc) is 2.26. The van der Waals surface area contributed by atoms with E-state index >= 15 is 0 Å². The number of nitriles is 1. The predicted octanol–water partition coefficient (Wildman–Crippen LogP) is 0.815. The van der Waals surface area contributed by atoms with Gasteiger partial charge in [-0.15, -0.1) is 0 Å². The summed E-state index contributed by atoms with van der Waals surface area (Å²) in [7, 11) is 0. The van der Waals surface area contributed by atoms with Crippen LogP contribution in [0.3, 0.4) is 0 Å². The Kier molecular flexibility index (Phi) is 6.26. The first-order valence-corrected chi connectivity index (χ1v) is 5.76. The highest BCUT2D eigenvalue weighted by molar-refractivity contribution is 5.85. The van der Waals surface area contributed by atoms with Gasteiger partial charge in [0.2, 0.25) is 11.8 Å².